The molecule has 110 valence electrons. The number of amides is 1. The maximum atomic E-state index is 12.0. The summed E-state index contributed by atoms with van der Waals surface area (Å²) in [5, 5.41) is 2.95. The molecule has 4 nitrogen and oxygen atoms in total. The lowest BCUT2D eigenvalue weighted by molar-refractivity contribution is -0.117. The number of nitrogens with two attached hydrogens (primary N) is 1. The Morgan fingerprint density at radius 1 is 1.30 bits per heavy atom. The number of hydrogen-bond acceptors (Lipinski definition) is 3. The Balaban J connectivity index is 1.79. The topological polar surface area (TPSA) is 58.4 Å². The van der Waals surface area contributed by atoms with Gasteiger partial charge in [0, 0.05) is 5.69 Å². The van der Waals surface area contributed by atoms with Crippen molar-refractivity contribution in [2.75, 3.05) is 31.5 Å². The third kappa shape index (κ3) is 4.05. The van der Waals surface area contributed by atoms with E-state index in [0.29, 0.717) is 6.54 Å². The molecular weight excluding hydrogens is 250 g/mol. The molecule has 0 bridgehead atoms. The van der Waals surface area contributed by atoms with Gasteiger partial charge >= 0.3 is 0 Å². The van der Waals surface area contributed by atoms with Crippen molar-refractivity contribution < 1.29 is 4.79 Å². The van der Waals surface area contributed by atoms with Crippen molar-refractivity contribution in [1.82, 2.24) is 4.90 Å². The van der Waals surface area contributed by atoms with Crippen LogP contribution < -0.4 is 11.1 Å². The Kier molecular flexibility index (Phi) is 4.78. The molecular formula is C16H25N3O. The third-order valence-electron chi connectivity index (χ3n) is 4.26. The summed E-state index contributed by atoms with van der Waals surface area (Å²) in [5.74, 6) is 0.0604. The summed E-state index contributed by atoms with van der Waals surface area (Å²) in [7, 11) is 0. The molecule has 1 aromatic rings. The highest BCUT2D eigenvalue weighted by atomic mass is 16.2. The van der Waals surface area contributed by atoms with Crippen LogP contribution in [0.4, 0.5) is 5.69 Å². The number of anilines is 1. The molecule has 1 heterocycles. The largest absolute Gasteiger partial charge is 0.330 e. The maximum Gasteiger partial charge on any atom is 0.238 e. The predicted octanol–water partition coefficient (Wildman–Crippen LogP) is 1.99. The first-order chi connectivity index (χ1) is 9.50. The van der Waals surface area contributed by atoms with Crippen molar-refractivity contribution in [1.29, 1.82) is 0 Å². The van der Waals surface area contributed by atoms with Gasteiger partial charge < -0.3 is 11.1 Å². The molecule has 1 aromatic carbocycles. The molecule has 1 aliphatic rings. The fourth-order valence-electron chi connectivity index (χ4n) is 2.50. The summed E-state index contributed by atoms with van der Waals surface area (Å²) in [4.78, 5) is 14.2. The van der Waals surface area contributed by atoms with Crippen LogP contribution in [-0.2, 0) is 4.79 Å². The number of piperidine rings is 1. The minimum Gasteiger partial charge on any atom is -0.330 e. The van der Waals surface area contributed by atoms with Crippen molar-refractivity contribution in [3.8, 4) is 0 Å². The number of likely N-dealkylation sites (tertiary alicyclic amines) is 1. The number of aryl methyl sites for hydroxylation is 1. The van der Waals surface area contributed by atoms with E-state index in [0.717, 1.165) is 38.2 Å². The van der Waals surface area contributed by atoms with E-state index in [9.17, 15) is 4.79 Å². The fraction of sp³-hybridized carbons (Fsp3) is 0.562. The lowest BCUT2D eigenvalue weighted by atomic mass is 9.80. The first kappa shape index (κ1) is 15.0. The molecule has 0 spiro atoms. The van der Waals surface area contributed by atoms with Crippen LogP contribution in [0.1, 0.15) is 25.3 Å². The lowest BCUT2D eigenvalue weighted by Crippen LogP contribution is -2.44. The van der Waals surface area contributed by atoms with Gasteiger partial charge in [-0.2, -0.15) is 0 Å². The average Bonchev–Trinajstić information content (AvgIpc) is 2.44. The minimum absolute atomic E-state index is 0.0604. The average molecular weight is 275 g/mol. The molecule has 0 saturated carbocycles. The van der Waals surface area contributed by atoms with Gasteiger partial charge in [-0.3, -0.25) is 9.69 Å². The Hall–Kier alpha value is -1.39. The molecule has 1 aliphatic heterocycles. The highest BCUT2D eigenvalue weighted by molar-refractivity contribution is 5.92. The van der Waals surface area contributed by atoms with Crippen molar-refractivity contribution in [3.63, 3.8) is 0 Å². The van der Waals surface area contributed by atoms with Crippen molar-refractivity contribution in [2.24, 2.45) is 11.1 Å². The van der Waals surface area contributed by atoms with Crippen LogP contribution in [0, 0.1) is 12.3 Å². The zero-order valence-corrected chi connectivity index (χ0v) is 12.5. The molecule has 0 aromatic heterocycles. The van der Waals surface area contributed by atoms with Gasteiger partial charge in [0.25, 0.3) is 0 Å². The standard InChI is InChI=1S/C16H25N3O/c1-13-3-5-14(6-4-13)18-15(20)11-19-9-7-16(2,12-17)8-10-19/h3-6H,7-12,17H2,1-2H3,(H,18,20). The fourth-order valence-corrected chi connectivity index (χ4v) is 2.50. The second-order valence-electron chi connectivity index (χ2n) is 6.21. The van der Waals surface area contributed by atoms with Gasteiger partial charge in [-0.1, -0.05) is 24.6 Å². The van der Waals surface area contributed by atoms with Crippen LogP contribution in [0.2, 0.25) is 0 Å². The van der Waals surface area contributed by atoms with Crippen LogP contribution in [0.3, 0.4) is 0 Å². The number of nitrogens with one attached hydrogen (secondary N) is 1. The van der Waals surface area contributed by atoms with Gasteiger partial charge in [-0.25, -0.2) is 0 Å². The monoisotopic (exact) mass is 275 g/mol. The van der Waals surface area contributed by atoms with E-state index >= 15 is 0 Å². The number of nitrogens with zero attached hydrogens (tertiary/aromatic N) is 1. The number of carbonyl (C=O) groups is 1. The zero-order chi connectivity index (χ0) is 14.6. The molecule has 0 radical (unpaired) electrons. The van der Waals surface area contributed by atoms with Gasteiger partial charge in [-0.05, 0) is 56.9 Å². The van der Waals surface area contributed by atoms with Gasteiger partial charge in [0.1, 0.15) is 0 Å². The highest BCUT2D eigenvalue weighted by Gasteiger charge is 2.29. The Bertz CT molecular complexity index is 447. The normalized spacial score (nSPS) is 18.8. The first-order valence-corrected chi connectivity index (χ1v) is 7.30. The van der Waals surface area contributed by atoms with E-state index in [1.807, 2.05) is 31.2 Å². The van der Waals surface area contributed by atoms with Crippen LogP contribution in [0.5, 0.6) is 0 Å². The summed E-state index contributed by atoms with van der Waals surface area (Å²) in [6.07, 6.45) is 2.14. The number of rotatable bonds is 4. The van der Waals surface area contributed by atoms with Crippen LogP contribution in [0.15, 0.2) is 24.3 Å². The van der Waals surface area contributed by atoms with Crippen molar-refractivity contribution in [3.05, 3.63) is 29.8 Å². The Morgan fingerprint density at radius 2 is 1.90 bits per heavy atom. The van der Waals surface area contributed by atoms with Crippen molar-refractivity contribution in [2.45, 2.75) is 26.7 Å². The van der Waals surface area contributed by atoms with Crippen LogP contribution in [0.25, 0.3) is 0 Å². The summed E-state index contributed by atoms with van der Waals surface area (Å²) < 4.78 is 0. The van der Waals surface area contributed by atoms with Crippen molar-refractivity contribution >= 4 is 11.6 Å². The molecule has 20 heavy (non-hydrogen) atoms. The minimum atomic E-state index is 0.0604. The Labute approximate surface area is 121 Å². The third-order valence-corrected chi connectivity index (χ3v) is 4.26. The Morgan fingerprint density at radius 3 is 2.45 bits per heavy atom. The number of benzene rings is 1. The maximum absolute atomic E-state index is 12.0. The van der Waals surface area contributed by atoms with Gasteiger partial charge in [0.2, 0.25) is 5.91 Å². The first-order valence-electron chi connectivity index (χ1n) is 7.30. The van der Waals surface area contributed by atoms with E-state index in [4.69, 9.17) is 5.73 Å². The second kappa shape index (κ2) is 6.37. The second-order valence-corrected chi connectivity index (χ2v) is 6.21. The molecule has 2 rings (SSSR count). The number of carbonyl (C=O) groups excluding carboxylic acids is 1. The summed E-state index contributed by atoms with van der Waals surface area (Å²) in [5.41, 5.74) is 8.11. The molecule has 0 aliphatic carbocycles. The molecule has 1 saturated heterocycles. The molecule has 3 N–H and O–H groups in total. The van der Waals surface area contributed by atoms with Crippen LogP contribution >= 0.6 is 0 Å². The quantitative estimate of drug-likeness (QED) is 0.883. The van der Waals surface area contributed by atoms with Crippen LogP contribution in [-0.4, -0.2) is 37.0 Å². The summed E-state index contributed by atoms with van der Waals surface area (Å²) in [6, 6.07) is 7.89. The molecule has 4 heteroatoms. The summed E-state index contributed by atoms with van der Waals surface area (Å²) >= 11 is 0. The van der Waals surface area contributed by atoms with Gasteiger partial charge in [-0.15, -0.1) is 0 Å². The molecule has 0 unspecified atom stereocenters. The number of hydrogen-bond donors (Lipinski definition) is 2. The zero-order valence-electron chi connectivity index (χ0n) is 12.5. The van der Waals surface area contributed by atoms with Gasteiger partial charge in [0.05, 0.1) is 6.54 Å². The van der Waals surface area contributed by atoms with E-state index in [-0.39, 0.29) is 11.3 Å². The van der Waals surface area contributed by atoms with E-state index < -0.39 is 0 Å². The summed E-state index contributed by atoms with van der Waals surface area (Å²) in [6.45, 7) is 7.37. The molecule has 1 amide bonds. The smallest absolute Gasteiger partial charge is 0.238 e. The highest BCUT2D eigenvalue weighted by Crippen LogP contribution is 2.29. The lowest BCUT2D eigenvalue weighted by Gasteiger charge is -2.38. The van der Waals surface area contributed by atoms with E-state index in [1.54, 1.807) is 0 Å². The van der Waals surface area contributed by atoms with E-state index in [2.05, 4.69) is 17.1 Å². The predicted molar refractivity (Wildman–Crippen MR) is 82.6 cm³/mol. The van der Waals surface area contributed by atoms with E-state index in [1.165, 1.54) is 5.56 Å². The molecule has 0 atom stereocenters. The SMILES string of the molecule is Cc1ccc(NC(=O)CN2CCC(C)(CN)CC2)cc1. The molecule has 1 fully saturated rings. The van der Waals surface area contributed by atoms with Gasteiger partial charge in [0.15, 0.2) is 0 Å².